The zero-order valence-corrected chi connectivity index (χ0v) is 17.8. The minimum absolute atomic E-state index is 0.0386. The molecular weight excluding hydrogens is 418 g/mol. The zero-order valence-electron chi connectivity index (χ0n) is 15.4. The Hall–Kier alpha value is -1.25. The molecule has 5 nitrogen and oxygen atoms in total. The van der Waals surface area contributed by atoms with Crippen molar-refractivity contribution in [3.05, 3.63) is 63.1 Å². The monoisotopic (exact) mass is 441 g/mol. The van der Waals surface area contributed by atoms with Crippen LogP contribution in [0, 0.1) is 13.8 Å². The highest BCUT2D eigenvalue weighted by atomic mass is 79.9. The topological polar surface area (TPSA) is 64.6 Å². The van der Waals surface area contributed by atoms with Crippen LogP contribution < -0.4 is 4.72 Å². The van der Waals surface area contributed by atoms with Crippen LogP contribution in [-0.2, 0) is 25.9 Å². The molecule has 0 aromatic heterocycles. The highest BCUT2D eigenvalue weighted by Gasteiger charge is 2.21. The van der Waals surface area contributed by atoms with E-state index >= 15 is 0 Å². The Kier molecular flexibility index (Phi) is 7.37. The van der Waals surface area contributed by atoms with Crippen LogP contribution in [0.1, 0.15) is 22.3 Å². The van der Waals surface area contributed by atoms with E-state index in [2.05, 4.69) is 20.7 Å². The smallest absolute Gasteiger partial charge is 0.241 e. The van der Waals surface area contributed by atoms with Gasteiger partial charge < -0.3 is 9.47 Å². The van der Waals surface area contributed by atoms with Gasteiger partial charge in [-0.1, -0.05) is 45.8 Å². The molecule has 0 spiro atoms. The second-order valence-corrected chi connectivity index (χ2v) is 8.73. The number of benzene rings is 2. The summed E-state index contributed by atoms with van der Waals surface area (Å²) in [6.07, 6.45) is -0.124. The van der Waals surface area contributed by atoms with Gasteiger partial charge in [-0.3, -0.25) is 0 Å². The normalized spacial score (nSPS) is 11.9. The molecule has 0 radical (unpaired) electrons. The highest BCUT2D eigenvalue weighted by molar-refractivity contribution is 9.10. The minimum Gasteiger partial charge on any atom is -0.355 e. The summed E-state index contributed by atoms with van der Waals surface area (Å²) in [5.41, 5.74) is 3.93. The van der Waals surface area contributed by atoms with Gasteiger partial charge in [0.05, 0.1) is 11.4 Å². The van der Waals surface area contributed by atoms with Gasteiger partial charge in [0.25, 0.3) is 0 Å². The van der Waals surface area contributed by atoms with E-state index in [0.717, 1.165) is 26.7 Å². The molecule has 2 aromatic rings. The average molecular weight is 442 g/mol. The van der Waals surface area contributed by atoms with Crippen molar-refractivity contribution in [1.29, 1.82) is 0 Å². The first kappa shape index (κ1) is 21.1. The number of ether oxygens (including phenoxy) is 2. The van der Waals surface area contributed by atoms with Crippen LogP contribution in [0.4, 0.5) is 0 Å². The average Bonchev–Trinajstić information content (AvgIpc) is 2.58. The summed E-state index contributed by atoms with van der Waals surface area (Å²) in [5, 5.41) is 0. The van der Waals surface area contributed by atoms with E-state index in [1.54, 1.807) is 12.1 Å². The van der Waals surface area contributed by atoms with Crippen LogP contribution >= 0.6 is 15.9 Å². The lowest BCUT2D eigenvalue weighted by molar-refractivity contribution is -0.0960. The maximum absolute atomic E-state index is 12.8. The first-order chi connectivity index (χ1) is 12.3. The number of nitrogens with one attached hydrogen (secondary N) is 1. The lowest BCUT2D eigenvalue weighted by atomic mass is 10.0. The molecule has 7 heteroatoms. The van der Waals surface area contributed by atoms with E-state index in [1.165, 1.54) is 14.2 Å². The molecular formula is C19H24BrNO4S. The van der Waals surface area contributed by atoms with Crippen molar-refractivity contribution in [2.45, 2.75) is 31.5 Å². The van der Waals surface area contributed by atoms with E-state index in [4.69, 9.17) is 9.47 Å². The molecule has 0 heterocycles. The summed E-state index contributed by atoms with van der Waals surface area (Å²) in [6, 6.07) is 11.4. The Bertz CT molecular complexity index is 864. The molecule has 0 atom stereocenters. The molecule has 0 saturated carbocycles. The van der Waals surface area contributed by atoms with Gasteiger partial charge in [-0.05, 0) is 49.1 Å². The quantitative estimate of drug-likeness (QED) is 0.636. The molecule has 0 aliphatic heterocycles. The summed E-state index contributed by atoms with van der Waals surface area (Å²) >= 11 is 3.57. The predicted octanol–water partition coefficient (Wildman–Crippen LogP) is 3.55. The number of rotatable bonds is 8. The molecule has 0 aliphatic rings. The van der Waals surface area contributed by atoms with E-state index in [1.807, 2.05) is 38.1 Å². The van der Waals surface area contributed by atoms with Crippen LogP contribution in [0.5, 0.6) is 0 Å². The zero-order chi connectivity index (χ0) is 19.3. The Morgan fingerprint density at radius 1 is 1.00 bits per heavy atom. The second-order valence-electron chi connectivity index (χ2n) is 6.14. The van der Waals surface area contributed by atoms with Gasteiger partial charge in [0, 0.05) is 18.7 Å². The first-order valence-electron chi connectivity index (χ1n) is 8.16. The van der Waals surface area contributed by atoms with Crippen LogP contribution in [0.3, 0.4) is 0 Å². The van der Waals surface area contributed by atoms with Gasteiger partial charge in [-0.25, -0.2) is 13.1 Å². The van der Waals surface area contributed by atoms with Gasteiger partial charge in [-0.15, -0.1) is 0 Å². The van der Waals surface area contributed by atoms with E-state index < -0.39 is 16.3 Å². The van der Waals surface area contributed by atoms with Gasteiger partial charge in [0.1, 0.15) is 0 Å². The number of hydrogen-bond donors (Lipinski definition) is 1. The van der Waals surface area contributed by atoms with Crippen LogP contribution in [0.25, 0.3) is 0 Å². The van der Waals surface area contributed by atoms with Gasteiger partial charge in [-0.2, -0.15) is 0 Å². The predicted molar refractivity (Wildman–Crippen MR) is 106 cm³/mol. The van der Waals surface area contributed by atoms with Crippen molar-refractivity contribution in [3.63, 3.8) is 0 Å². The second kappa shape index (κ2) is 9.10. The molecule has 1 N–H and O–H groups in total. The van der Waals surface area contributed by atoms with Gasteiger partial charge in [0.2, 0.25) is 10.0 Å². The van der Waals surface area contributed by atoms with Crippen LogP contribution in [0.15, 0.2) is 45.8 Å². The van der Waals surface area contributed by atoms with Crippen molar-refractivity contribution in [1.82, 2.24) is 4.72 Å². The van der Waals surface area contributed by atoms with E-state index in [9.17, 15) is 8.42 Å². The van der Waals surface area contributed by atoms with Crippen LogP contribution in [-0.4, -0.2) is 35.5 Å². The summed E-state index contributed by atoms with van der Waals surface area (Å²) < 4.78 is 39.2. The van der Waals surface area contributed by atoms with Crippen molar-refractivity contribution in [2.75, 3.05) is 20.8 Å². The standard InChI is InChI=1S/C19H24BrNO4S/c1-13-6-8-18(26(22,23)21-12-19(24-3)25-4)16(9-13)11-15-7-5-14(2)10-17(15)20/h5-10,19,21H,11-12H2,1-4H3. The molecule has 26 heavy (non-hydrogen) atoms. The Labute approximate surface area is 163 Å². The first-order valence-corrected chi connectivity index (χ1v) is 10.4. The molecule has 0 aliphatic carbocycles. The van der Waals surface area contributed by atoms with Crippen molar-refractivity contribution in [2.24, 2.45) is 0 Å². The van der Waals surface area contributed by atoms with Crippen molar-refractivity contribution < 1.29 is 17.9 Å². The number of methoxy groups -OCH3 is 2. The lowest BCUT2D eigenvalue weighted by Gasteiger charge is -2.16. The molecule has 0 unspecified atom stereocenters. The maximum Gasteiger partial charge on any atom is 0.241 e. The Balaban J connectivity index is 2.34. The Morgan fingerprint density at radius 2 is 1.62 bits per heavy atom. The molecule has 0 bridgehead atoms. The maximum atomic E-state index is 12.8. The van der Waals surface area contributed by atoms with Crippen molar-refractivity contribution >= 4 is 26.0 Å². The third-order valence-corrected chi connectivity index (χ3v) is 6.32. The van der Waals surface area contributed by atoms with E-state index in [-0.39, 0.29) is 11.4 Å². The largest absolute Gasteiger partial charge is 0.355 e. The molecule has 0 saturated heterocycles. The van der Waals surface area contributed by atoms with Crippen molar-refractivity contribution in [3.8, 4) is 0 Å². The fraction of sp³-hybridized carbons (Fsp3) is 0.368. The third kappa shape index (κ3) is 5.37. The summed E-state index contributed by atoms with van der Waals surface area (Å²) in [6.45, 7) is 4.00. The SMILES string of the molecule is COC(CNS(=O)(=O)c1ccc(C)cc1Cc1ccc(C)cc1Br)OC. The Morgan fingerprint density at radius 3 is 2.23 bits per heavy atom. The summed E-state index contributed by atoms with van der Waals surface area (Å²) in [4.78, 5) is 0.265. The summed E-state index contributed by atoms with van der Waals surface area (Å²) in [7, 11) is -0.755. The lowest BCUT2D eigenvalue weighted by Crippen LogP contribution is -2.34. The number of hydrogen-bond acceptors (Lipinski definition) is 4. The minimum atomic E-state index is -3.69. The third-order valence-electron chi connectivity index (χ3n) is 4.06. The number of aryl methyl sites for hydroxylation is 2. The van der Waals surface area contributed by atoms with E-state index in [0.29, 0.717) is 6.42 Å². The molecule has 0 fully saturated rings. The van der Waals surface area contributed by atoms with Gasteiger partial charge >= 0.3 is 0 Å². The molecule has 0 amide bonds. The van der Waals surface area contributed by atoms with Gasteiger partial charge in [0.15, 0.2) is 6.29 Å². The van der Waals surface area contributed by atoms with Crippen LogP contribution in [0.2, 0.25) is 0 Å². The fourth-order valence-corrected chi connectivity index (χ4v) is 4.50. The summed E-state index contributed by atoms with van der Waals surface area (Å²) in [5.74, 6) is 0. The molecule has 2 rings (SSSR count). The molecule has 142 valence electrons. The molecule has 2 aromatic carbocycles. The highest BCUT2D eigenvalue weighted by Crippen LogP contribution is 2.25. The fourth-order valence-electron chi connectivity index (χ4n) is 2.63. The number of sulfonamides is 1. The number of halogens is 1.